The Hall–Kier alpha value is -1.49. The van der Waals surface area contributed by atoms with Gasteiger partial charge in [-0.25, -0.2) is 0 Å². The summed E-state index contributed by atoms with van der Waals surface area (Å²) >= 11 is 0. The van der Waals surface area contributed by atoms with Crippen LogP contribution < -0.4 is 10.6 Å². The predicted molar refractivity (Wildman–Crippen MR) is 55.0 cm³/mol. The van der Waals surface area contributed by atoms with Crippen LogP contribution in [-0.2, 0) is 10.3 Å². The molecule has 5 nitrogen and oxygen atoms in total. The number of hydrogen-bond acceptors (Lipinski definition) is 4. The summed E-state index contributed by atoms with van der Waals surface area (Å²) < 4.78 is 0. The number of hydrogen-bond donors (Lipinski definition) is 2. The van der Waals surface area contributed by atoms with Crippen molar-refractivity contribution >= 4 is 5.91 Å². The number of amides is 1. The number of carbonyl (C=O) groups excluding carboxylic acids is 1. The summed E-state index contributed by atoms with van der Waals surface area (Å²) in [4.78, 5) is 20.1. The minimum atomic E-state index is -0.678. The van der Waals surface area contributed by atoms with Crippen LogP contribution in [0.4, 0.5) is 0 Å². The number of aromatic nitrogens is 2. The summed E-state index contributed by atoms with van der Waals surface area (Å²) in [7, 11) is 1.64. The normalized spacial score (nSPS) is 25.1. The molecular weight excluding hydrogens is 192 g/mol. The van der Waals surface area contributed by atoms with Gasteiger partial charge in [0.2, 0.25) is 5.91 Å². The van der Waals surface area contributed by atoms with Crippen molar-refractivity contribution < 1.29 is 4.79 Å². The van der Waals surface area contributed by atoms with E-state index in [1.54, 1.807) is 25.6 Å². The van der Waals surface area contributed by atoms with Gasteiger partial charge in [-0.15, -0.1) is 0 Å². The molecule has 0 saturated carbocycles. The highest BCUT2D eigenvalue weighted by Crippen LogP contribution is 2.29. The third kappa shape index (κ3) is 1.59. The first kappa shape index (κ1) is 10.0. The Kier molecular flexibility index (Phi) is 2.64. The first-order chi connectivity index (χ1) is 7.29. The molecule has 0 spiro atoms. The van der Waals surface area contributed by atoms with Crippen LogP contribution in [-0.4, -0.2) is 29.5 Å². The van der Waals surface area contributed by atoms with Crippen molar-refractivity contribution in [2.45, 2.75) is 18.4 Å². The summed E-state index contributed by atoms with van der Waals surface area (Å²) in [5.74, 6) is -0.0412. The van der Waals surface area contributed by atoms with Gasteiger partial charge in [-0.1, -0.05) is 0 Å². The molecule has 1 aliphatic rings. The van der Waals surface area contributed by atoms with E-state index in [0.717, 1.165) is 19.4 Å². The first-order valence-corrected chi connectivity index (χ1v) is 5.03. The third-order valence-corrected chi connectivity index (χ3v) is 2.77. The maximum atomic E-state index is 11.9. The minimum absolute atomic E-state index is 0.0412. The molecule has 15 heavy (non-hydrogen) atoms. The largest absolute Gasteiger partial charge is 0.357 e. The van der Waals surface area contributed by atoms with E-state index in [1.165, 1.54) is 0 Å². The molecular formula is C10H14N4O. The van der Waals surface area contributed by atoms with Crippen molar-refractivity contribution in [1.29, 1.82) is 0 Å². The van der Waals surface area contributed by atoms with Gasteiger partial charge in [-0.2, -0.15) is 0 Å². The van der Waals surface area contributed by atoms with E-state index in [9.17, 15) is 4.79 Å². The molecule has 5 heteroatoms. The number of nitrogens with one attached hydrogen (secondary N) is 2. The van der Waals surface area contributed by atoms with Crippen molar-refractivity contribution in [2.24, 2.45) is 0 Å². The standard InChI is InChI=1S/C10H14N4O/c1-11-9(15)10(3-2-4-14-10)8-7-12-5-6-13-8/h5-7,14H,2-4H2,1H3,(H,11,15). The summed E-state index contributed by atoms with van der Waals surface area (Å²) in [6.45, 7) is 0.837. The summed E-state index contributed by atoms with van der Waals surface area (Å²) in [5, 5.41) is 5.90. The van der Waals surface area contributed by atoms with E-state index >= 15 is 0 Å². The fourth-order valence-corrected chi connectivity index (χ4v) is 2.01. The summed E-state index contributed by atoms with van der Waals surface area (Å²) in [6, 6.07) is 0. The van der Waals surface area contributed by atoms with Crippen molar-refractivity contribution in [3.63, 3.8) is 0 Å². The highest BCUT2D eigenvalue weighted by molar-refractivity contribution is 5.87. The van der Waals surface area contributed by atoms with Gasteiger partial charge in [-0.3, -0.25) is 20.1 Å². The van der Waals surface area contributed by atoms with Crippen molar-refractivity contribution in [1.82, 2.24) is 20.6 Å². The van der Waals surface area contributed by atoms with Gasteiger partial charge >= 0.3 is 0 Å². The molecule has 1 aromatic rings. The molecule has 2 N–H and O–H groups in total. The van der Waals surface area contributed by atoms with Gasteiger partial charge in [0.1, 0.15) is 5.54 Å². The topological polar surface area (TPSA) is 66.9 Å². The van der Waals surface area contributed by atoms with Crippen LogP contribution in [0.15, 0.2) is 18.6 Å². The predicted octanol–water partition coefficient (Wildman–Crippen LogP) is -0.199. The van der Waals surface area contributed by atoms with Crippen molar-refractivity contribution in [3.8, 4) is 0 Å². The lowest BCUT2D eigenvalue weighted by Crippen LogP contribution is -2.50. The Morgan fingerprint density at radius 1 is 1.60 bits per heavy atom. The zero-order valence-corrected chi connectivity index (χ0v) is 8.66. The van der Waals surface area contributed by atoms with Crippen molar-refractivity contribution in [3.05, 3.63) is 24.3 Å². The molecule has 1 fully saturated rings. The molecule has 0 aromatic carbocycles. The van der Waals surface area contributed by atoms with Gasteiger partial charge in [0.05, 0.1) is 11.9 Å². The van der Waals surface area contributed by atoms with Crippen LogP contribution >= 0.6 is 0 Å². The van der Waals surface area contributed by atoms with E-state index < -0.39 is 5.54 Å². The lowest BCUT2D eigenvalue weighted by molar-refractivity contribution is -0.127. The molecule has 0 bridgehead atoms. The highest BCUT2D eigenvalue weighted by atomic mass is 16.2. The SMILES string of the molecule is CNC(=O)C1(c2cnccn2)CCCN1. The Morgan fingerprint density at radius 2 is 2.47 bits per heavy atom. The smallest absolute Gasteiger partial charge is 0.246 e. The molecule has 2 heterocycles. The zero-order valence-electron chi connectivity index (χ0n) is 8.66. The fraction of sp³-hybridized carbons (Fsp3) is 0.500. The number of nitrogens with zero attached hydrogens (tertiary/aromatic N) is 2. The van der Waals surface area contributed by atoms with Crippen LogP contribution in [0.2, 0.25) is 0 Å². The molecule has 80 valence electrons. The number of rotatable bonds is 2. The lowest BCUT2D eigenvalue weighted by Gasteiger charge is -2.26. The fourth-order valence-electron chi connectivity index (χ4n) is 2.01. The maximum Gasteiger partial charge on any atom is 0.246 e. The first-order valence-electron chi connectivity index (χ1n) is 5.03. The Morgan fingerprint density at radius 3 is 3.00 bits per heavy atom. The van der Waals surface area contributed by atoms with Gasteiger partial charge < -0.3 is 5.32 Å². The molecule has 0 radical (unpaired) electrons. The summed E-state index contributed by atoms with van der Waals surface area (Å²) in [5.41, 5.74) is 0.0186. The van der Waals surface area contributed by atoms with Gasteiger partial charge in [0, 0.05) is 19.4 Å². The van der Waals surface area contributed by atoms with E-state index in [1.807, 2.05) is 0 Å². The molecule has 1 amide bonds. The van der Waals surface area contributed by atoms with Crippen LogP contribution in [0, 0.1) is 0 Å². The molecule has 0 aliphatic carbocycles. The van der Waals surface area contributed by atoms with E-state index in [0.29, 0.717) is 5.69 Å². The minimum Gasteiger partial charge on any atom is -0.357 e. The Labute approximate surface area is 88.3 Å². The van der Waals surface area contributed by atoms with Crippen LogP contribution in [0.25, 0.3) is 0 Å². The monoisotopic (exact) mass is 206 g/mol. The number of carbonyl (C=O) groups is 1. The molecule has 2 rings (SSSR count). The average Bonchev–Trinajstić information content (AvgIpc) is 2.79. The van der Waals surface area contributed by atoms with E-state index in [2.05, 4.69) is 20.6 Å². The van der Waals surface area contributed by atoms with Gasteiger partial charge in [0.25, 0.3) is 0 Å². The second-order valence-electron chi connectivity index (χ2n) is 3.61. The number of likely N-dealkylation sites (N-methyl/N-ethyl adjacent to an activating group) is 1. The molecule has 1 saturated heterocycles. The molecule has 1 atom stereocenters. The zero-order chi connectivity index (χ0) is 10.7. The molecule has 1 aromatic heterocycles. The van der Waals surface area contributed by atoms with Gasteiger partial charge in [0.15, 0.2) is 0 Å². The Bertz CT molecular complexity index is 346. The lowest BCUT2D eigenvalue weighted by atomic mass is 9.92. The molecule has 1 unspecified atom stereocenters. The maximum absolute atomic E-state index is 11.9. The Balaban J connectivity index is 2.39. The van der Waals surface area contributed by atoms with Gasteiger partial charge in [-0.05, 0) is 19.4 Å². The third-order valence-electron chi connectivity index (χ3n) is 2.77. The highest BCUT2D eigenvalue weighted by Gasteiger charge is 2.43. The van der Waals surface area contributed by atoms with Crippen molar-refractivity contribution in [2.75, 3.05) is 13.6 Å². The quantitative estimate of drug-likeness (QED) is 0.703. The molecule has 1 aliphatic heterocycles. The van der Waals surface area contributed by atoms with Crippen LogP contribution in [0.1, 0.15) is 18.5 Å². The van der Waals surface area contributed by atoms with Crippen LogP contribution in [0.5, 0.6) is 0 Å². The van der Waals surface area contributed by atoms with E-state index in [4.69, 9.17) is 0 Å². The average molecular weight is 206 g/mol. The second-order valence-corrected chi connectivity index (χ2v) is 3.61. The van der Waals surface area contributed by atoms with Crippen LogP contribution in [0.3, 0.4) is 0 Å². The van der Waals surface area contributed by atoms with E-state index in [-0.39, 0.29) is 5.91 Å². The second kappa shape index (κ2) is 3.94. The summed E-state index contributed by atoms with van der Waals surface area (Å²) in [6.07, 6.45) is 6.61.